The molecule has 0 aromatic heterocycles. The molecule has 0 spiro atoms. The minimum absolute atomic E-state index is 0.108. The Morgan fingerprint density at radius 3 is 2.63 bits per heavy atom. The Labute approximate surface area is 165 Å². The van der Waals surface area contributed by atoms with Crippen molar-refractivity contribution in [1.29, 1.82) is 0 Å². The number of methoxy groups -OCH3 is 1. The van der Waals surface area contributed by atoms with Crippen molar-refractivity contribution in [2.75, 3.05) is 33.3 Å². The number of rotatable bonds is 6. The molecular formula is C20H28ClFN2O3. The number of ether oxygens (including phenoxy) is 1. The second-order valence-electron chi connectivity index (χ2n) is 8.06. The first-order valence-corrected chi connectivity index (χ1v) is 9.50. The number of ketones is 1. The minimum Gasteiger partial charge on any atom is -0.497 e. The van der Waals surface area contributed by atoms with E-state index in [0.717, 1.165) is 0 Å². The van der Waals surface area contributed by atoms with Gasteiger partial charge < -0.3 is 10.1 Å². The summed E-state index contributed by atoms with van der Waals surface area (Å²) in [6, 6.07) is 4.76. The summed E-state index contributed by atoms with van der Waals surface area (Å²) in [6.07, 6.45) is -0.488. The number of carbonyl (C=O) groups excluding carboxylic acids is 2. The van der Waals surface area contributed by atoms with E-state index in [1.807, 2.05) is 25.7 Å². The lowest BCUT2D eigenvalue weighted by atomic mass is 9.89. The second kappa shape index (κ2) is 9.02. The summed E-state index contributed by atoms with van der Waals surface area (Å²) in [5.74, 6) is 0.0218. The summed E-state index contributed by atoms with van der Waals surface area (Å²) in [6.45, 7) is 6.99. The van der Waals surface area contributed by atoms with Gasteiger partial charge in [0.2, 0.25) is 0 Å². The van der Waals surface area contributed by atoms with Gasteiger partial charge in [0, 0.05) is 35.0 Å². The van der Waals surface area contributed by atoms with Gasteiger partial charge in [-0.05, 0) is 31.2 Å². The Morgan fingerprint density at radius 1 is 1.33 bits per heavy atom. The van der Waals surface area contributed by atoms with Gasteiger partial charge in [-0.25, -0.2) is 4.39 Å². The van der Waals surface area contributed by atoms with Crippen LogP contribution in [0.3, 0.4) is 0 Å². The molecule has 1 aliphatic heterocycles. The molecule has 2 atom stereocenters. The number of hydrogen-bond donors (Lipinski definition) is 1. The Morgan fingerprint density at radius 2 is 2.04 bits per heavy atom. The summed E-state index contributed by atoms with van der Waals surface area (Å²) in [4.78, 5) is 26.3. The molecule has 1 heterocycles. The van der Waals surface area contributed by atoms with E-state index in [-0.39, 0.29) is 37.2 Å². The lowest BCUT2D eigenvalue weighted by Gasteiger charge is -2.35. The number of amides is 1. The van der Waals surface area contributed by atoms with Crippen molar-refractivity contribution in [3.8, 4) is 5.75 Å². The minimum atomic E-state index is -1.08. The van der Waals surface area contributed by atoms with Crippen molar-refractivity contribution in [3.63, 3.8) is 0 Å². The number of halogens is 2. The molecule has 1 aliphatic rings. The van der Waals surface area contributed by atoms with Crippen LogP contribution in [0.25, 0.3) is 0 Å². The predicted molar refractivity (Wildman–Crippen MR) is 104 cm³/mol. The number of likely N-dealkylation sites (tertiary alicyclic amines) is 1. The molecule has 150 valence electrons. The van der Waals surface area contributed by atoms with Crippen LogP contribution in [0.2, 0.25) is 5.02 Å². The number of carbonyl (C=O) groups is 2. The van der Waals surface area contributed by atoms with Crippen molar-refractivity contribution in [1.82, 2.24) is 10.2 Å². The first-order valence-electron chi connectivity index (χ1n) is 9.12. The Hall–Kier alpha value is -1.66. The molecule has 7 heteroatoms. The summed E-state index contributed by atoms with van der Waals surface area (Å²) in [5.41, 5.74) is -0.0442. The number of Topliss-reactive ketones (excluding diaryl/α,β-unsaturated/α-hetero) is 1. The molecule has 27 heavy (non-hydrogen) atoms. The van der Waals surface area contributed by atoms with Crippen molar-refractivity contribution >= 4 is 23.3 Å². The number of nitrogens with one attached hydrogen (secondary N) is 1. The van der Waals surface area contributed by atoms with E-state index >= 15 is 0 Å². The fraction of sp³-hybridized carbons (Fsp3) is 0.600. The third kappa shape index (κ3) is 6.18. The molecule has 0 bridgehead atoms. The van der Waals surface area contributed by atoms with E-state index in [1.165, 1.54) is 7.11 Å². The molecule has 1 fully saturated rings. The summed E-state index contributed by atoms with van der Waals surface area (Å²) < 4.78 is 19.6. The summed E-state index contributed by atoms with van der Waals surface area (Å²) in [5, 5.41) is 3.18. The summed E-state index contributed by atoms with van der Waals surface area (Å²) in [7, 11) is 1.50. The fourth-order valence-electron chi connectivity index (χ4n) is 2.97. The Bertz CT molecular complexity index is 690. The van der Waals surface area contributed by atoms with Crippen LogP contribution in [0, 0.1) is 11.3 Å². The molecule has 0 aliphatic carbocycles. The maximum Gasteiger partial charge on any atom is 0.251 e. The zero-order valence-electron chi connectivity index (χ0n) is 16.4. The van der Waals surface area contributed by atoms with Gasteiger partial charge in [0.1, 0.15) is 11.9 Å². The van der Waals surface area contributed by atoms with Crippen molar-refractivity contribution in [3.05, 3.63) is 28.8 Å². The van der Waals surface area contributed by atoms with Crippen LogP contribution < -0.4 is 10.1 Å². The molecule has 1 saturated heterocycles. The van der Waals surface area contributed by atoms with E-state index in [2.05, 4.69) is 5.32 Å². The quantitative estimate of drug-likeness (QED) is 0.798. The average molecular weight is 399 g/mol. The maximum absolute atomic E-state index is 14.5. The van der Waals surface area contributed by atoms with Crippen molar-refractivity contribution in [2.45, 2.75) is 33.4 Å². The van der Waals surface area contributed by atoms with Gasteiger partial charge in [0.25, 0.3) is 5.91 Å². The lowest BCUT2D eigenvalue weighted by Crippen LogP contribution is -2.48. The van der Waals surface area contributed by atoms with Crippen LogP contribution in [0.15, 0.2) is 18.2 Å². The third-order valence-corrected chi connectivity index (χ3v) is 5.08. The van der Waals surface area contributed by atoms with Crippen molar-refractivity contribution in [2.24, 2.45) is 11.3 Å². The lowest BCUT2D eigenvalue weighted by molar-refractivity contribution is -0.128. The molecule has 5 nitrogen and oxygen atoms in total. The molecule has 1 amide bonds. The number of hydrogen-bond acceptors (Lipinski definition) is 4. The highest BCUT2D eigenvalue weighted by Crippen LogP contribution is 2.23. The number of alkyl halides is 1. The fourth-order valence-corrected chi connectivity index (χ4v) is 3.19. The molecule has 2 rings (SSSR count). The molecule has 1 N–H and O–H groups in total. The van der Waals surface area contributed by atoms with E-state index in [0.29, 0.717) is 29.3 Å². The van der Waals surface area contributed by atoms with Crippen LogP contribution in [0.5, 0.6) is 5.75 Å². The largest absolute Gasteiger partial charge is 0.497 e. The van der Waals surface area contributed by atoms with Gasteiger partial charge in [0.15, 0.2) is 5.78 Å². The third-order valence-electron chi connectivity index (χ3n) is 4.86. The molecule has 0 radical (unpaired) electrons. The summed E-state index contributed by atoms with van der Waals surface area (Å²) >= 11 is 5.98. The highest BCUT2D eigenvalue weighted by Gasteiger charge is 2.32. The molecule has 2 unspecified atom stereocenters. The smallest absolute Gasteiger partial charge is 0.251 e. The number of piperidine rings is 1. The molecule has 0 saturated carbocycles. The second-order valence-corrected chi connectivity index (χ2v) is 8.50. The maximum atomic E-state index is 14.5. The van der Waals surface area contributed by atoms with E-state index in [1.54, 1.807) is 18.2 Å². The monoisotopic (exact) mass is 398 g/mol. The Kier molecular flexibility index (Phi) is 7.23. The predicted octanol–water partition coefficient (Wildman–Crippen LogP) is 3.35. The van der Waals surface area contributed by atoms with Gasteiger partial charge in [-0.2, -0.15) is 0 Å². The number of nitrogens with zero attached hydrogens (tertiary/aromatic N) is 1. The van der Waals surface area contributed by atoms with Gasteiger partial charge >= 0.3 is 0 Å². The first kappa shape index (κ1) is 21.6. The van der Waals surface area contributed by atoms with Crippen LogP contribution in [0.1, 0.15) is 37.6 Å². The number of benzene rings is 1. The zero-order valence-corrected chi connectivity index (χ0v) is 17.1. The highest BCUT2D eigenvalue weighted by molar-refractivity contribution is 6.31. The van der Waals surface area contributed by atoms with Gasteiger partial charge in [-0.15, -0.1) is 0 Å². The first-order chi connectivity index (χ1) is 12.6. The van der Waals surface area contributed by atoms with Gasteiger partial charge in [0.05, 0.1) is 13.7 Å². The van der Waals surface area contributed by atoms with Crippen LogP contribution in [-0.4, -0.2) is 56.1 Å². The zero-order chi connectivity index (χ0) is 20.2. The normalized spacial score (nSPS) is 21.0. The van der Waals surface area contributed by atoms with Gasteiger partial charge in [-0.1, -0.05) is 32.4 Å². The average Bonchev–Trinajstić information content (AvgIpc) is 2.59. The Balaban J connectivity index is 1.86. The molecule has 1 aromatic carbocycles. The van der Waals surface area contributed by atoms with Crippen molar-refractivity contribution < 1.29 is 18.7 Å². The highest BCUT2D eigenvalue weighted by atomic mass is 35.5. The van der Waals surface area contributed by atoms with E-state index < -0.39 is 11.6 Å². The van der Waals surface area contributed by atoms with Crippen LogP contribution in [-0.2, 0) is 4.79 Å². The topological polar surface area (TPSA) is 58.6 Å². The standard InChI is InChI=1S/C20H28ClFN2O3/c1-20(2,3)18(25)12-24-6-5-13(17(22)11-24)10-23-19(26)14-7-15(21)9-16(8-14)27-4/h7-9,13,17H,5-6,10-12H2,1-4H3,(H,23,26). The van der Waals surface area contributed by atoms with Crippen LogP contribution >= 0.6 is 11.6 Å². The van der Waals surface area contributed by atoms with E-state index in [9.17, 15) is 14.0 Å². The van der Waals surface area contributed by atoms with Crippen LogP contribution in [0.4, 0.5) is 4.39 Å². The molecular weight excluding hydrogens is 371 g/mol. The van der Waals surface area contributed by atoms with Gasteiger partial charge in [-0.3, -0.25) is 14.5 Å². The molecule has 1 aromatic rings. The van der Waals surface area contributed by atoms with E-state index in [4.69, 9.17) is 16.3 Å². The SMILES string of the molecule is COc1cc(Cl)cc(C(=O)NCC2CCN(CC(=O)C(C)(C)C)CC2F)c1.